The molecule has 16 heavy (non-hydrogen) atoms. The monoisotopic (exact) mass is 220 g/mol. The molecule has 0 bridgehead atoms. The van der Waals surface area contributed by atoms with Gasteiger partial charge in [0.05, 0.1) is 7.11 Å². The SMILES string of the molecule is CCCCc1c(OC)cccc1C(C)(C)C. The summed E-state index contributed by atoms with van der Waals surface area (Å²) in [5, 5.41) is 0. The molecular weight excluding hydrogens is 196 g/mol. The number of hydrogen-bond donors (Lipinski definition) is 0. The largest absolute Gasteiger partial charge is 0.496 e. The molecule has 0 spiro atoms. The molecule has 1 aromatic carbocycles. The highest BCUT2D eigenvalue weighted by Crippen LogP contribution is 2.32. The Morgan fingerprint density at radius 2 is 1.88 bits per heavy atom. The summed E-state index contributed by atoms with van der Waals surface area (Å²) in [5.74, 6) is 1.04. The lowest BCUT2D eigenvalue weighted by molar-refractivity contribution is 0.406. The van der Waals surface area contributed by atoms with Crippen LogP contribution in [0.5, 0.6) is 5.75 Å². The van der Waals surface area contributed by atoms with Gasteiger partial charge >= 0.3 is 0 Å². The second-order valence-electron chi connectivity index (χ2n) is 5.34. The van der Waals surface area contributed by atoms with Gasteiger partial charge in [-0.1, -0.05) is 46.2 Å². The molecule has 0 aromatic heterocycles. The topological polar surface area (TPSA) is 9.23 Å². The van der Waals surface area contributed by atoms with Crippen molar-refractivity contribution < 1.29 is 4.74 Å². The fourth-order valence-corrected chi connectivity index (χ4v) is 2.07. The Morgan fingerprint density at radius 3 is 2.38 bits per heavy atom. The van der Waals surface area contributed by atoms with Crippen LogP contribution in [0, 0.1) is 0 Å². The Balaban J connectivity index is 3.15. The Labute approximate surface area is 99.8 Å². The van der Waals surface area contributed by atoms with E-state index < -0.39 is 0 Å². The minimum Gasteiger partial charge on any atom is -0.496 e. The fourth-order valence-electron chi connectivity index (χ4n) is 2.07. The zero-order valence-electron chi connectivity index (χ0n) is 11.3. The maximum atomic E-state index is 5.48. The van der Waals surface area contributed by atoms with Crippen molar-refractivity contribution in [3.63, 3.8) is 0 Å². The summed E-state index contributed by atoms with van der Waals surface area (Å²) in [6, 6.07) is 6.39. The van der Waals surface area contributed by atoms with E-state index in [-0.39, 0.29) is 5.41 Å². The molecule has 0 saturated heterocycles. The molecule has 1 heteroatoms. The van der Waals surface area contributed by atoms with Crippen molar-refractivity contribution >= 4 is 0 Å². The van der Waals surface area contributed by atoms with Gasteiger partial charge in [0.25, 0.3) is 0 Å². The molecule has 0 atom stereocenters. The molecule has 90 valence electrons. The van der Waals surface area contributed by atoms with Crippen LogP contribution in [0.2, 0.25) is 0 Å². The predicted molar refractivity (Wildman–Crippen MR) is 70.3 cm³/mol. The zero-order valence-corrected chi connectivity index (χ0v) is 11.3. The molecule has 0 heterocycles. The number of rotatable bonds is 4. The van der Waals surface area contributed by atoms with E-state index in [1.54, 1.807) is 7.11 Å². The molecule has 0 aliphatic rings. The molecular formula is C15H24O. The molecule has 0 amide bonds. The summed E-state index contributed by atoms with van der Waals surface area (Å²) in [6.45, 7) is 9.01. The Morgan fingerprint density at radius 1 is 1.19 bits per heavy atom. The molecule has 1 aromatic rings. The van der Waals surface area contributed by atoms with E-state index in [1.807, 2.05) is 0 Å². The number of hydrogen-bond acceptors (Lipinski definition) is 1. The molecule has 0 unspecified atom stereocenters. The first-order chi connectivity index (χ1) is 7.50. The lowest BCUT2D eigenvalue weighted by Gasteiger charge is -2.24. The Kier molecular flexibility index (Phi) is 4.40. The van der Waals surface area contributed by atoms with Crippen LogP contribution in [-0.2, 0) is 11.8 Å². The highest BCUT2D eigenvalue weighted by molar-refractivity contribution is 5.43. The van der Waals surface area contributed by atoms with Crippen LogP contribution in [0.3, 0.4) is 0 Å². The Bertz CT molecular complexity index is 334. The van der Waals surface area contributed by atoms with Gasteiger partial charge in [0, 0.05) is 0 Å². The summed E-state index contributed by atoms with van der Waals surface area (Å²) in [5.41, 5.74) is 3.00. The highest BCUT2D eigenvalue weighted by atomic mass is 16.5. The lowest BCUT2D eigenvalue weighted by atomic mass is 9.82. The van der Waals surface area contributed by atoms with E-state index in [0.717, 1.165) is 12.2 Å². The average molecular weight is 220 g/mol. The first-order valence-corrected chi connectivity index (χ1v) is 6.17. The smallest absolute Gasteiger partial charge is 0.122 e. The van der Waals surface area contributed by atoms with Crippen LogP contribution < -0.4 is 4.74 Å². The third-order valence-electron chi connectivity index (χ3n) is 2.94. The van der Waals surface area contributed by atoms with Gasteiger partial charge in [-0.3, -0.25) is 0 Å². The van der Waals surface area contributed by atoms with Crippen molar-refractivity contribution in [2.75, 3.05) is 7.11 Å². The second kappa shape index (κ2) is 5.38. The van der Waals surface area contributed by atoms with Crippen LogP contribution in [0.15, 0.2) is 18.2 Å². The fraction of sp³-hybridized carbons (Fsp3) is 0.600. The van der Waals surface area contributed by atoms with Gasteiger partial charge in [0.1, 0.15) is 5.75 Å². The van der Waals surface area contributed by atoms with Crippen LogP contribution in [-0.4, -0.2) is 7.11 Å². The number of ether oxygens (including phenoxy) is 1. The van der Waals surface area contributed by atoms with Gasteiger partial charge in [-0.05, 0) is 35.4 Å². The summed E-state index contributed by atoms with van der Waals surface area (Å²) >= 11 is 0. The third-order valence-corrected chi connectivity index (χ3v) is 2.94. The summed E-state index contributed by atoms with van der Waals surface area (Å²) < 4.78 is 5.48. The van der Waals surface area contributed by atoms with Gasteiger partial charge in [0.2, 0.25) is 0 Å². The molecule has 1 rings (SSSR count). The Hall–Kier alpha value is -0.980. The van der Waals surface area contributed by atoms with Crippen LogP contribution in [0.4, 0.5) is 0 Å². The lowest BCUT2D eigenvalue weighted by Crippen LogP contribution is -2.15. The van der Waals surface area contributed by atoms with Crippen LogP contribution in [0.25, 0.3) is 0 Å². The summed E-state index contributed by atoms with van der Waals surface area (Å²) in [4.78, 5) is 0. The van der Waals surface area contributed by atoms with Crippen LogP contribution >= 0.6 is 0 Å². The van der Waals surface area contributed by atoms with E-state index in [2.05, 4.69) is 45.9 Å². The van der Waals surface area contributed by atoms with Crippen molar-refractivity contribution in [2.45, 2.75) is 52.4 Å². The van der Waals surface area contributed by atoms with E-state index in [4.69, 9.17) is 4.74 Å². The number of unbranched alkanes of at least 4 members (excludes halogenated alkanes) is 1. The molecule has 0 aliphatic heterocycles. The molecule has 1 nitrogen and oxygen atoms in total. The highest BCUT2D eigenvalue weighted by Gasteiger charge is 2.19. The molecule has 0 radical (unpaired) electrons. The van der Waals surface area contributed by atoms with Gasteiger partial charge < -0.3 is 4.74 Å². The average Bonchev–Trinajstić information content (AvgIpc) is 2.24. The summed E-state index contributed by atoms with van der Waals surface area (Å²) in [7, 11) is 1.76. The first-order valence-electron chi connectivity index (χ1n) is 6.17. The summed E-state index contributed by atoms with van der Waals surface area (Å²) in [6.07, 6.45) is 3.57. The quantitative estimate of drug-likeness (QED) is 0.733. The van der Waals surface area contributed by atoms with Crippen molar-refractivity contribution in [1.29, 1.82) is 0 Å². The van der Waals surface area contributed by atoms with Crippen LogP contribution in [0.1, 0.15) is 51.7 Å². The van der Waals surface area contributed by atoms with Gasteiger partial charge in [0.15, 0.2) is 0 Å². The van der Waals surface area contributed by atoms with E-state index in [9.17, 15) is 0 Å². The van der Waals surface area contributed by atoms with Gasteiger partial charge in [-0.2, -0.15) is 0 Å². The van der Waals surface area contributed by atoms with Crippen molar-refractivity contribution in [3.8, 4) is 5.75 Å². The molecule has 0 fully saturated rings. The standard InChI is InChI=1S/C15H24O/c1-6-7-9-12-13(15(2,3)4)10-8-11-14(12)16-5/h8,10-11H,6-7,9H2,1-5H3. The molecule has 0 N–H and O–H groups in total. The minimum atomic E-state index is 0.192. The second-order valence-corrected chi connectivity index (χ2v) is 5.34. The molecule has 0 saturated carbocycles. The number of benzene rings is 1. The number of methoxy groups -OCH3 is 1. The van der Waals surface area contributed by atoms with Crippen molar-refractivity contribution in [1.82, 2.24) is 0 Å². The van der Waals surface area contributed by atoms with Crippen molar-refractivity contribution in [2.24, 2.45) is 0 Å². The van der Waals surface area contributed by atoms with E-state index in [0.29, 0.717) is 0 Å². The molecule has 0 aliphatic carbocycles. The van der Waals surface area contributed by atoms with E-state index in [1.165, 1.54) is 24.0 Å². The van der Waals surface area contributed by atoms with Gasteiger partial charge in [-0.25, -0.2) is 0 Å². The van der Waals surface area contributed by atoms with Gasteiger partial charge in [-0.15, -0.1) is 0 Å². The maximum Gasteiger partial charge on any atom is 0.122 e. The predicted octanol–water partition coefficient (Wildman–Crippen LogP) is 4.34. The van der Waals surface area contributed by atoms with Crippen molar-refractivity contribution in [3.05, 3.63) is 29.3 Å². The zero-order chi connectivity index (χ0) is 12.2. The third kappa shape index (κ3) is 3.01. The first kappa shape index (κ1) is 13.1. The normalized spacial score (nSPS) is 11.6. The van der Waals surface area contributed by atoms with E-state index >= 15 is 0 Å². The minimum absolute atomic E-state index is 0.192. The maximum absolute atomic E-state index is 5.48.